The fourth-order valence-corrected chi connectivity index (χ4v) is 3.63. The number of anilines is 2. The molecule has 2 heterocycles. The first-order chi connectivity index (χ1) is 12.5. The molecule has 0 bridgehead atoms. The summed E-state index contributed by atoms with van der Waals surface area (Å²) in [6.45, 7) is 3.42. The van der Waals surface area contributed by atoms with Crippen molar-refractivity contribution in [3.05, 3.63) is 34.9 Å². The molecule has 0 radical (unpaired) electrons. The Morgan fingerprint density at radius 3 is 2.62 bits per heavy atom. The average Bonchev–Trinajstić information content (AvgIpc) is 3.09. The number of benzene rings is 1. The molecule has 0 saturated carbocycles. The molecule has 7 nitrogen and oxygen atoms in total. The van der Waals surface area contributed by atoms with Gasteiger partial charge in [-0.05, 0) is 30.5 Å². The van der Waals surface area contributed by atoms with Gasteiger partial charge in [-0.1, -0.05) is 23.7 Å². The normalized spacial score (nSPS) is 14.9. The van der Waals surface area contributed by atoms with E-state index in [2.05, 4.69) is 24.9 Å². The number of rotatable bonds is 5. The summed E-state index contributed by atoms with van der Waals surface area (Å²) in [7, 11) is 0. The van der Waals surface area contributed by atoms with Crippen LogP contribution in [0.15, 0.2) is 24.3 Å². The lowest BCUT2D eigenvalue weighted by Crippen LogP contribution is -2.40. The number of amides is 2. The second kappa shape index (κ2) is 8.46. The summed E-state index contributed by atoms with van der Waals surface area (Å²) in [5.74, 6) is 0.225. The van der Waals surface area contributed by atoms with Gasteiger partial charge in [0.05, 0.1) is 0 Å². The highest BCUT2D eigenvalue weighted by Crippen LogP contribution is 2.26. The molecule has 2 aromatic rings. The van der Waals surface area contributed by atoms with E-state index in [1.54, 1.807) is 0 Å². The van der Waals surface area contributed by atoms with E-state index < -0.39 is 0 Å². The fraction of sp³-hybridized carbons (Fsp3) is 0.412. The first kappa shape index (κ1) is 18.6. The Hall–Kier alpha value is -2.19. The summed E-state index contributed by atoms with van der Waals surface area (Å²) in [5.41, 5.74) is 1.03. The highest BCUT2D eigenvalue weighted by Gasteiger charge is 2.26. The highest BCUT2D eigenvalue weighted by molar-refractivity contribution is 7.09. The third-order valence-corrected chi connectivity index (χ3v) is 5.25. The van der Waals surface area contributed by atoms with Gasteiger partial charge in [-0.2, -0.15) is 9.36 Å². The lowest BCUT2D eigenvalue weighted by atomic mass is 9.96. The van der Waals surface area contributed by atoms with Gasteiger partial charge < -0.3 is 10.2 Å². The minimum atomic E-state index is -0.189. The molecule has 0 unspecified atom stereocenters. The molecule has 1 aromatic carbocycles. The molecule has 3 rings (SSSR count). The largest absolute Gasteiger partial charge is 0.352 e. The van der Waals surface area contributed by atoms with Gasteiger partial charge in [-0.25, -0.2) is 0 Å². The first-order valence-electron chi connectivity index (χ1n) is 8.39. The van der Waals surface area contributed by atoms with Crippen LogP contribution < -0.4 is 15.5 Å². The molecule has 0 aliphatic carbocycles. The minimum absolute atomic E-state index is 0.00119. The van der Waals surface area contributed by atoms with Gasteiger partial charge in [0.25, 0.3) is 0 Å². The van der Waals surface area contributed by atoms with Gasteiger partial charge in [-0.3, -0.25) is 14.9 Å². The van der Waals surface area contributed by atoms with Gasteiger partial charge >= 0.3 is 0 Å². The monoisotopic (exact) mass is 393 g/mol. The second-order valence-corrected chi connectivity index (χ2v) is 7.35. The van der Waals surface area contributed by atoms with Crippen molar-refractivity contribution in [3.8, 4) is 0 Å². The van der Waals surface area contributed by atoms with E-state index in [1.807, 2.05) is 24.3 Å². The SMILES string of the molecule is CC(=O)Nc1nsc(N2CCC(C(=O)NCc3ccc(Cl)cc3)CC2)n1. The molecule has 138 valence electrons. The Morgan fingerprint density at radius 1 is 1.27 bits per heavy atom. The number of nitrogens with zero attached hydrogens (tertiary/aromatic N) is 3. The number of aromatic nitrogens is 2. The van der Waals surface area contributed by atoms with Crippen LogP contribution in [0.5, 0.6) is 0 Å². The van der Waals surface area contributed by atoms with Crippen LogP contribution >= 0.6 is 23.1 Å². The maximum Gasteiger partial charge on any atom is 0.243 e. The lowest BCUT2D eigenvalue weighted by molar-refractivity contribution is -0.125. The topological polar surface area (TPSA) is 87.2 Å². The zero-order chi connectivity index (χ0) is 18.5. The average molecular weight is 394 g/mol. The number of carbonyl (C=O) groups excluding carboxylic acids is 2. The molecule has 1 fully saturated rings. The summed E-state index contributed by atoms with van der Waals surface area (Å²) in [5, 5.41) is 7.03. The molecule has 0 spiro atoms. The van der Waals surface area contributed by atoms with Crippen LogP contribution in [0.25, 0.3) is 0 Å². The molecule has 2 N–H and O–H groups in total. The molecular weight excluding hydrogens is 374 g/mol. The van der Waals surface area contributed by atoms with E-state index in [4.69, 9.17) is 11.6 Å². The predicted octanol–water partition coefficient (Wildman–Crippen LogP) is 2.68. The molecule has 0 atom stereocenters. The first-order valence-corrected chi connectivity index (χ1v) is 9.55. The molecule has 9 heteroatoms. The summed E-state index contributed by atoms with van der Waals surface area (Å²) < 4.78 is 4.12. The Labute approximate surface area is 160 Å². The summed E-state index contributed by atoms with van der Waals surface area (Å²) in [4.78, 5) is 29.8. The van der Waals surface area contributed by atoms with Crippen molar-refractivity contribution >= 4 is 46.0 Å². The van der Waals surface area contributed by atoms with Crippen molar-refractivity contribution in [2.75, 3.05) is 23.3 Å². The lowest BCUT2D eigenvalue weighted by Gasteiger charge is -2.30. The van der Waals surface area contributed by atoms with E-state index in [1.165, 1.54) is 18.5 Å². The van der Waals surface area contributed by atoms with Gasteiger partial charge in [0, 0.05) is 49.0 Å². The van der Waals surface area contributed by atoms with Gasteiger partial charge in [-0.15, -0.1) is 0 Å². The van der Waals surface area contributed by atoms with Crippen molar-refractivity contribution in [3.63, 3.8) is 0 Å². The zero-order valence-electron chi connectivity index (χ0n) is 14.4. The van der Waals surface area contributed by atoms with Crippen LogP contribution in [-0.4, -0.2) is 34.3 Å². The van der Waals surface area contributed by atoms with Crippen molar-refractivity contribution in [1.29, 1.82) is 0 Å². The van der Waals surface area contributed by atoms with Gasteiger partial charge in [0.1, 0.15) is 0 Å². The second-order valence-electron chi connectivity index (χ2n) is 6.19. The Morgan fingerprint density at radius 2 is 1.96 bits per heavy atom. The molecule has 1 saturated heterocycles. The third-order valence-electron chi connectivity index (χ3n) is 4.22. The number of hydrogen-bond donors (Lipinski definition) is 2. The van der Waals surface area contributed by atoms with Gasteiger partial charge in [0.15, 0.2) is 0 Å². The van der Waals surface area contributed by atoms with E-state index in [9.17, 15) is 9.59 Å². The van der Waals surface area contributed by atoms with Crippen LogP contribution in [0, 0.1) is 5.92 Å². The standard InChI is InChI=1S/C17H20ClN5O2S/c1-11(24)20-16-21-17(26-22-16)23-8-6-13(7-9-23)15(25)19-10-12-2-4-14(18)5-3-12/h2-5,13H,6-10H2,1H3,(H,19,25)(H,20,22,24). The van der Waals surface area contributed by atoms with E-state index in [-0.39, 0.29) is 17.7 Å². The Balaban J connectivity index is 1.46. The number of carbonyl (C=O) groups is 2. The number of piperidine rings is 1. The molecule has 26 heavy (non-hydrogen) atoms. The summed E-state index contributed by atoms with van der Waals surface area (Å²) >= 11 is 7.12. The molecule has 1 aromatic heterocycles. The van der Waals surface area contributed by atoms with E-state index in [0.717, 1.165) is 36.6 Å². The van der Waals surface area contributed by atoms with E-state index in [0.29, 0.717) is 17.5 Å². The number of halogens is 1. The predicted molar refractivity (Wildman–Crippen MR) is 102 cm³/mol. The van der Waals surface area contributed by atoms with E-state index >= 15 is 0 Å². The van der Waals surface area contributed by atoms with Crippen molar-refractivity contribution in [1.82, 2.24) is 14.7 Å². The van der Waals surface area contributed by atoms with Crippen LogP contribution in [0.4, 0.5) is 11.1 Å². The quantitative estimate of drug-likeness (QED) is 0.815. The third kappa shape index (κ3) is 4.92. The minimum Gasteiger partial charge on any atom is -0.352 e. The fourth-order valence-electron chi connectivity index (χ4n) is 2.82. The summed E-state index contributed by atoms with van der Waals surface area (Å²) in [6, 6.07) is 7.46. The van der Waals surface area contributed by atoms with Crippen LogP contribution in [0.1, 0.15) is 25.3 Å². The van der Waals surface area contributed by atoms with Crippen molar-refractivity contribution in [2.24, 2.45) is 5.92 Å². The molecular formula is C17H20ClN5O2S. The Bertz CT molecular complexity index is 772. The maximum atomic E-state index is 12.4. The van der Waals surface area contributed by atoms with Crippen molar-refractivity contribution in [2.45, 2.75) is 26.3 Å². The molecule has 1 aliphatic heterocycles. The number of hydrogen-bond acceptors (Lipinski definition) is 6. The molecule has 2 amide bonds. The zero-order valence-corrected chi connectivity index (χ0v) is 15.9. The Kier molecular flexibility index (Phi) is 6.05. The highest BCUT2D eigenvalue weighted by atomic mass is 35.5. The van der Waals surface area contributed by atoms with Crippen LogP contribution in [0.3, 0.4) is 0 Å². The van der Waals surface area contributed by atoms with Crippen LogP contribution in [0.2, 0.25) is 5.02 Å². The number of nitrogens with one attached hydrogen (secondary N) is 2. The smallest absolute Gasteiger partial charge is 0.243 e. The maximum absolute atomic E-state index is 12.4. The van der Waals surface area contributed by atoms with Crippen LogP contribution in [-0.2, 0) is 16.1 Å². The van der Waals surface area contributed by atoms with Gasteiger partial charge in [0.2, 0.25) is 22.9 Å². The van der Waals surface area contributed by atoms with Crippen molar-refractivity contribution < 1.29 is 9.59 Å². The molecule has 1 aliphatic rings. The summed E-state index contributed by atoms with van der Waals surface area (Å²) in [6.07, 6.45) is 1.53.